The van der Waals surface area contributed by atoms with Gasteiger partial charge >= 0.3 is 17.9 Å². The predicted octanol–water partition coefficient (Wildman–Crippen LogP) is 2.19. The van der Waals surface area contributed by atoms with Gasteiger partial charge in [0.2, 0.25) is 0 Å². The molecule has 2 aliphatic rings. The molecule has 3 unspecified atom stereocenters. The third kappa shape index (κ3) is 6.85. The molecule has 7 heteroatoms. The first-order valence-electron chi connectivity index (χ1n) is 9.99. The molecule has 0 heterocycles. The van der Waals surface area contributed by atoms with Crippen molar-refractivity contribution >= 4 is 17.9 Å². The lowest BCUT2D eigenvalue weighted by atomic mass is 9.87. The summed E-state index contributed by atoms with van der Waals surface area (Å²) in [6, 6.07) is 0. The van der Waals surface area contributed by atoms with Crippen molar-refractivity contribution in [2.24, 2.45) is 23.2 Å². The lowest BCUT2D eigenvalue weighted by Gasteiger charge is -2.33. The van der Waals surface area contributed by atoms with E-state index in [4.69, 9.17) is 14.2 Å². The Balaban J connectivity index is 2.03. The summed E-state index contributed by atoms with van der Waals surface area (Å²) in [5.74, 6) is 0.409. The van der Waals surface area contributed by atoms with E-state index in [0.29, 0.717) is 12.5 Å². The number of esters is 3. The topological polar surface area (TPSA) is 90.9 Å². The molecule has 2 bridgehead atoms. The average Bonchev–Trinajstić information content (AvgIpc) is 3.36. The summed E-state index contributed by atoms with van der Waals surface area (Å²) < 4.78 is 15.7. The Hall–Kier alpha value is -2.41. The molecule has 3 atom stereocenters. The Labute approximate surface area is 172 Å². The number of rotatable bonds is 13. The van der Waals surface area contributed by atoms with Crippen molar-refractivity contribution in [1.82, 2.24) is 5.32 Å². The monoisotopic (exact) mass is 405 g/mol. The maximum Gasteiger partial charge on any atom is 0.330 e. The van der Waals surface area contributed by atoms with Gasteiger partial charge in [-0.25, -0.2) is 14.4 Å². The molecule has 29 heavy (non-hydrogen) atoms. The van der Waals surface area contributed by atoms with Crippen molar-refractivity contribution in [3.63, 3.8) is 0 Å². The molecule has 0 aromatic heterocycles. The highest BCUT2D eigenvalue weighted by molar-refractivity contribution is 5.82. The van der Waals surface area contributed by atoms with Gasteiger partial charge in [0.25, 0.3) is 0 Å². The fourth-order valence-electron chi connectivity index (χ4n) is 4.28. The Morgan fingerprint density at radius 2 is 1.38 bits per heavy atom. The normalized spacial score (nSPS) is 22.6. The van der Waals surface area contributed by atoms with Gasteiger partial charge in [-0.1, -0.05) is 26.2 Å². The second-order valence-corrected chi connectivity index (χ2v) is 8.00. The SMILES string of the molecule is C=CC(=O)OCC(CNCC1CC2CCC1C2)(COC(=O)C=C)COC(=O)C=C. The first-order chi connectivity index (χ1) is 13.9. The smallest absolute Gasteiger partial charge is 0.330 e. The van der Waals surface area contributed by atoms with Crippen LogP contribution in [0, 0.1) is 23.2 Å². The van der Waals surface area contributed by atoms with E-state index < -0.39 is 23.3 Å². The fourth-order valence-corrected chi connectivity index (χ4v) is 4.28. The van der Waals surface area contributed by atoms with E-state index in [1.54, 1.807) is 0 Å². The summed E-state index contributed by atoms with van der Waals surface area (Å²) in [5.41, 5.74) is -0.937. The van der Waals surface area contributed by atoms with Gasteiger partial charge < -0.3 is 19.5 Å². The lowest BCUT2D eigenvalue weighted by Crippen LogP contribution is -2.47. The van der Waals surface area contributed by atoms with E-state index in [1.807, 2.05) is 0 Å². The molecule has 2 rings (SSSR count). The minimum atomic E-state index is -0.937. The van der Waals surface area contributed by atoms with Crippen LogP contribution in [-0.2, 0) is 28.6 Å². The molecule has 7 nitrogen and oxygen atoms in total. The summed E-state index contributed by atoms with van der Waals surface area (Å²) >= 11 is 0. The molecule has 2 saturated carbocycles. The van der Waals surface area contributed by atoms with Crippen LogP contribution in [0.2, 0.25) is 0 Å². The zero-order valence-electron chi connectivity index (χ0n) is 16.9. The number of fused-ring (bicyclic) bond motifs is 2. The molecule has 0 spiro atoms. The summed E-state index contributed by atoms with van der Waals surface area (Å²) in [4.78, 5) is 34.8. The van der Waals surface area contributed by atoms with Crippen molar-refractivity contribution < 1.29 is 28.6 Å². The molecule has 0 aromatic carbocycles. The fraction of sp³-hybridized carbons (Fsp3) is 0.591. The van der Waals surface area contributed by atoms with Crippen LogP contribution in [0.3, 0.4) is 0 Å². The summed E-state index contributed by atoms with van der Waals surface area (Å²) in [6.45, 7) is 11.0. The Morgan fingerprint density at radius 1 is 0.862 bits per heavy atom. The average molecular weight is 405 g/mol. The standard InChI is InChI=1S/C22H31NO6/c1-4-19(24)27-13-22(14-28-20(25)5-2,15-29-21(26)6-3)12-23-11-18-10-16-7-8-17(18)9-16/h4-6,16-18,23H,1-3,7-15H2. The quantitative estimate of drug-likeness (QED) is 0.285. The van der Waals surface area contributed by atoms with Crippen LogP contribution in [0.1, 0.15) is 25.7 Å². The zero-order valence-corrected chi connectivity index (χ0v) is 16.9. The second-order valence-electron chi connectivity index (χ2n) is 8.00. The number of carbonyl (C=O) groups is 3. The summed E-state index contributed by atoms with van der Waals surface area (Å²) in [5, 5.41) is 3.43. The number of nitrogens with one attached hydrogen (secondary N) is 1. The molecule has 0 amide bonds. The van der Waals surface area contributed by atoms with Gasteiger partial charge in [-0.05, 0) is 43.6 Å². The maximum atomic E-state index is 11.6. The van der Waals surface area contributed by atoms with Gasteiger partial charge in [0.1, 0.15) is 19.8 Å². The Kier molecular flexibility index (Phi) is 8.64. The molecule has 0 aliphatic heterocycles. The van der Waals surface area contributed by atoms with Crippen molar-refractivity contribution in [2.45, 2.75) is 25.7 Å². The van der Waals surface area contributed by atoms with Crippen molar-refractivity contribution in [1.29, 1.82) is 0 Å². The zero-order chi connectivity index (χ0) is 21.3. The first-order valence-corrected chi connectivity index (χ1v) is 9.99. The molecular weight excluding hydrogens is 374 g/mol. The highest BCUT2D eigenvalue weighted by atomic mass is 16.6. The van der Waals surface area contributed by atoms with Crippen LogP contribution < -0.4 is 5.32 Å². The van der Waals surface area contributed by atoms with E-state index >= 15 is 0 Å². The van der Waals surface area contributed by atoms with Gasteiger partial charge in [0.05, 0.1) is 5.41 Å². The minimum absolute atomic E-state index is 0.101. The van der Waals surface area contributed by atoms with Crippen LogP contribution in [0.5, 0.6) is 0 Å². The molecule has 2 fully saturated rings. The van der Waals surface area contributed by atoms with Crippen LogP contribution >= 0.6 is 0 Å². The van der Waals surface area contributed by atoms with Crippen molar-refractivity contribution in [3.8, 4) is 0 Å². The van der Waals surface area contributed by atoms with Gasteiger partial charge in [0, 0.05) is 24.8 Å². The largest absolute Gasteiger partial charge is 0.462 e. The molecule has 1 N–H and O–H groups in total. The van der Waals surface area contributed by atoms with E-state index in [-0.39, 0.29) is 19.8 Å². The highest BCUT2D eigenvalue weighted by Gasteiger charge is 2.40. The second kappa shape index (κ2) is 11.0. The van der Waals surface area contributed by atoms with Crippen molar-refractivity contribution in [2.75, 3.05) is 32.9 Å². The van der Waals surface area contributed by atoms with Gasteiger partial charge in [-0.15, -0.1) is 0 Å². The van der Waals surface area contributed by atoms with Crippen LogP contribution in [0.25, 0.3) is 0 Å². The molecule has 160 valence electrons. The number of hydrogen-bond donors (Lipinski definition) is 1. The Bertz CT molecular complexity index is 583. The highest BCUT2D eigenvalue weighted by Crippen LogP contribution is 2.47. The number of ether oxygens (including phenoxy) is 3. The first kappa shape index (κ1) is 22.9. The summed E-state index contributed by atoms with van der Waals surface area (Å²) in [6.07, 6.45) is 8.32. The van der Waals surface area contributed by atoms with E-state index in [1.165, 1.54) is 25.7 Å². The molecule has 2 aliphatic carbocycles. The molecule has 0 radical (unpaired) electrons. The molecule has 0 aromatic rings. The number of hydrogen-bond acceptors (Lipinski definition) is 7. The van der Waals surface area contributed by atoms with Crippen molar-refractivity contribution in [3.05, 3.63) is 38.0 Å². The van der Waals surface area contributed by atoms with E-state index in [9.17, 15) is 14.4 Å². The minimum Gasteiger partial charge on any atom is -0.462 e. The van der Waals surface area contributed by atoms with E-state index in [0.717, 1.165) is 36.6 Å². The van der Waals surface area contributed by atoms with Gasteiger partial charge in [-0.3, -0.25) is 0 Å². The third-order valence-electron chi connectivity index (χ3n) is 5.85. The van der Waals surface area contributed by atoms with Crippen LogP contribution in [0.15, 0.2) is 38.0 Å². The summed E-state index contributed by atoms with van der Waals surface area (Å²) in [7, 11) is 0. The van der Waals surface area contributed by atoms with Gasteiger partial charge in [0.15, 0.2) is 0 Å². The Morgan fingerprint density at radius 3 is 1.76 bits per heavy atom. The van der Waals surface area contributed by atoms with Gasteiger partial charge in [-0.2, -0.15) is 0 Å². The van der Waals surface area contributed by atoms with E-state index in [2.05, 4.69) is 25.1 Å². The van der Waals surface area contributed by atoms with Crippen LogP contribution in [-0.4, -0.2) is 50.8 Å². The molecule has 0 saturated heterocycles. The van der Waals surface area contributed by atoms with Crippen LogP contribution in [0.4, 0.5) is 0 Å². The number of carbonyl (C=O) groups excluding carboxylic acids is 3. The predicted molar refractivity (Wildman–Crippen MR) is 108 cm³/mol. The third-order valence-corrected chi connectivity index (χ3v) is 5.85. The lowest BCUT2D eigenvalue weighted by molar-refractivity contribution is -0.155. The molecular formula is C22H31NO6. The maximum absolute atomic E-state index is 11.6.